The van der Waals surface area contributed by atoms with Crippen LogP contribution < -0.4 is 10.6 Å². The molecule has 1 aromatic heterocycles. The van der Waals surface area contributed by atoms with E-state index in [0.717, 1.165) is 30.0 Å². The zero-order valence-corrected chi connectivity index (χ0v) is 11.4. The number of aliphatic hydroxyl groups excluding tert-OH is 1. The number of nitrogens with zero attached hydrogens (tertiary/aromatic N) is 3. The molecular weight excluding hydrogens is 228 g/mol. The van der Waals surface area contributed by atoms with E-state index in [1.807, 2.05) is 11.7 Å². The van der Waals surface area contributed by atoms with Crippen molar-refractivity contribution < 1.29 is 5.11 Å². The van der Waals surface area contributed by atoms with Gasteiger partial charge in [-0.3, -0.25) is 4.68 Å². The van der Waals surface area contributed by atoms with Gasteiger partial charge in [-0.05, 0) is 25.7 Å². The highest BCUT2D eigenvalue weighted by Gasteiger charge is 2.29. The fraction of sp³-hybridized carbons (Fsp3) is 0.769. The van der Waals surface area contributed by atoms with Gasteiger partial charge in [-0.15, -0.1) is 0 Å². The van der Waals surface area contributed by atoms with Crippen molar-refractivity contribution in [3.05, 3.63) is 5.69 Å². The number of aromatic nitrogens is 2. The van der Waals surface area contributed by atoms with E-state index in [4.69, 9.17) is 5.73 Å². The van der Waals surface area contributed by atoms with Crippen molar-refractivity contribution in [3.8, 4) is 0 Å². The van der Waals surface area contributed by atoms with Crippen LogP contribution in [0.2, 0.25) is 0 Å². The first-order valence-electron chi connectivity index (χ1n) is 6.87. The van der Waals surface area contributed by atoms with Crippen LogP contribution in [0, 0.1) is 0 Å². The second-order valence-corrected chi connectivity index (χ2v) is 5.06. The van der Waals surface area contributed by atoms with Crippen LogP contribution in [-0.4, -0.2) is 34.1 Å². The van der Waals surface area contributed by atoms with Crippen LogP contribution in [0.25, 0.3) is 0 Å². The molecule has 0 aliphatic heterocycles. The predicted octanol–water partition coefficient (Wildman–Crippen LogP) is 1.31. The Hall–Kier alpha value is -1.23. The molecule has 1 fully saturated rings. The molecule has 18 heavy (non-hydrogen) atoms. The Labute approximate surface area is 109 Å². The fourth-order valence-electron chi connectivity index (χ4n) is 2.62. The molecule has 1 saturated carbocycles. The summed E-state index contributed by atoms with van der Waals surface area (Å²) in [6, 6.07) is 0.518. The average molecular weight is 252 g/mol. The third kappa shape index (κ3) is 2.32. The van der Waals surface area contributed by atoms with Gasteiger partial charge in [0.15, 0.2) is 5.82 Å². The van der Waals surface area contributed by atoms with Gasteiger partial charge < -0.3 is 15.7 Å². The summed E-state index contributed by atoms with van der Waals surface area (Å²) in [5.74, 6) is 0.984. The maximum absolute atomic E-state index is 9.25. The molecule has 0 unspecified atom stereocenters. The maximum Gasteiger partial charge on any atom is 0.150 e. The largest absolute Gasteiger partial charge is 0.395 e. The summed E-state index contributed by atoms with van der Waals surface area (Å²) < 4.78 is 1.87. The summed E-state index contributed by atoms with van der Waals surface area (Å²) in [7, 11) is 1.94. The quantitative estimate of drug-likeness (QED) is 0.801. The van der Waals surface area contributed by atoms with Crippen LogP contribution in [-0.2, 0) is 13.5 Å². The van der Waals surface area contributed by atoms with Gasteiger partial charge in [-0.25, -0.2) is 0 Å². The Morgan fingerprint density at radius 2 is 2.22 bits per heavy atom. The minimum absolute atomic E-state index is 0.157. The topological polar surface area (TPSA) is 67.3 Å². The van der Waals surface area contributed by atoms with Gasteiger partial charge in [0.1, 0.15) is 0 Å². The van der Waals surface area contributed by atoms with E-state index in [1.165, 1.54) is 19.3 Å². The summed E-state index contributed by atoms with van der Waals surface area (Å²) in [5, 5.41) is 13.8. The van der Waals surface area contributed by atoms with Gasteiger partial charge in [0.25, 0.3) is 0 Å². The van der Waals surface area contributed by atoms with E-state index in [9.17, 15) is 5.11 Å². The minimum atomic E-state index is 0.157. The normalized spacial score (nSPS) is 15.7. The summed E-state index contributed by atoms with van der Waals surface area (Å²) >= 11 is 0. The molecule has 102 valence electrons. The van der Waals surface area contributed by atoms with Crippen LogP contribution in [0.5, 0.6) is 0 Å². The molecule has 1 aliphatic carbocycles. The van der Waals surface area contributed by atoms with Gasteiger partial charge in [-0.1, -0.05) is 13.3 Å². The van der Waals surface area contributed by atoms with Crippen LogP contribution in [0.1, 0.15) is 38.3 Å². The molecule has 0 saturated heterocycles. The van der Waals surface area contributed by atoms with Crippen LogP contribution >= 0.6 is 0 Å². The lowest BCUT2D eigenvalue weighted by Gasteiger charge is -2.38. The number of nitrogen functional groups attached to an aromatic ring is 1. The first kappa shape index (κ1) is 13.2. The predicted molar refractivity (Wildman–Crippen MR) is 73.7 cm³/mol. The molecule has 0 aromatic carbocycles. The van der Waals surface area contributed by atoms with E-state index in [2.05, 4.69) is 16.9 Å². The van der Waals surface area contributed by atoms with Crippen LogP contribution in [0.3, 0.4) is 0 Å². The molecule has 1 aromatic rings. The first-order chi connectivity index (χ1) is 8.69. The molecule has 0 radical (unpaired) electrons. The Morgan fingerprint density at radius 1 is 1.50 bits per heavy atom. The zero-order valence-electron chi connectivity index (χ0n) is 11.4. The number of rotatable bonds is 6. The van der Waals surface area contributed by atoms with E-state index in [1.54, 1.807) is 0 Å². The molecule has 0 spiro atoms. The molecule has 0 bridgehead atoms. The third-order valence-corrected chi connectivity index (χ3v) is 3.74. The average Bonchev–Trinajstić information content (AvgIpc) is 2.52. The summed E-state index contributed by atoms with van der Waals surface area (Å²) in [6.07, 6.45) is 5.61. The van der Waals surface area contributed by atoms with E-state index in [0.29, 0.717) is 12.6 Å². The minimum Gasteiger partial charge on any atom is -0.395 e. The second kappa shape index (κ2) is 5.61. The summed E-state index contributed by atoms with van der Waals surface area (Å²) in [4.78, 5) is 2.23. The highest BCUT2D eigenvalue weighted by Crippen LogP contribution is 2.34. The van der Waals surface area contributed by atoms with E-state index >= 15 is 0 Å². The van der Waals surface area contributed by atoms with Crippen molar-refractivity contribution in [2.75, 3.05) is 23.8 Å². The second-order valence-electron chi connectivity index (χ2n) is 5.06. The summed E-state index contributed by atoms with van der Waals surface area (Å²) in [6.45, 7) is 2.93. The van der Waals surface area contributed by atoms with Crippen molar-refractivity contribution in [2.45, 2.75) is 45.1 Å². The van der Waals surface area contributed by atoms with Crippen molar-refractivity contribution >= 4 is 11.5 Å². The number of anilines is 2. The van der Waals surface area contributed by atoms with Crippen molar-refractivity contribution in [2.24, 2.45) is 7.05 Å². The SMILES string of the molecule is CCCc1nn(C)c(N(CCO)C2CCC2)c1N. The van der Waals surface area contributed by atoms with Gasteiger partial charge >= 0.3 is 0 Å². The Balaban J connectivity index is 2.28. The van der Waals surface area contributed by atoms with E-state index < -0.39 is 0 Å². The van der Waals surface area contributed by atoms with Crippen molar-refractivity contribution in [1.82, 2.24) is 9.78 Å². The van der Waals surface area contributed by atoms with Gasteiger partial charge in [0.2, 0.25) is 0 Å². The highest BCUT2D eigenvalue weighted by molar-refractivity contribution is 5.67. The molecule has 0 amide bonds. The lowest BCUT2D eigenvalue weighted by Crippen LogP contribution is -2.43. The molecular formula is C13H24N4O. The van der Waals surface area contributed by atoms with E-state index in [-0.39, 0.29) is 6.61 Å². The van der Waals surface area contributed by atoms with Gasteiger partial charge in [0.05, 0.1) is 18.0 Å². The first-order valence-corrected chi connectivity index (χ1v) is 6.87. The maximum atomic E-state index is 9.25. The number of hydrogen-bond donors (Lipinski definition) is 2. The third-order valence-electron chi connectivity index (χ3n) is 3.74. The lowest BCUT2D eigenvalue weighted by atomic mass is 9.91. The molecule has 2 rings (SSSR count). The Kier molecular flexibility index (Phi) is 4.11. The molecule has 1 aliphatic rings. The smallest absolute Gasteiger partial charge is 0.150 e. The molecule has 5 heteroatoms. The fourth-order valence-corrected chi connectivity index (χ4v) is 2.62. The molecule has 3 N–H and O–H groups in total. The van der Waals surface area contributed by atoms with Gasteiger partial charge in [0, 0.05) is 19.6 Å². The Bertz CT molecular complexity index is 398. The summed E-state index contributed by atoms with van der Waals surface area (Å²) in [5.41, 5.74) is 8.01. The Morgan fingerprint density at radius 3 is 2.72 bits per heavy atom. The molecule has 5 nitrogen and oxygen atoms in total. The number of hydrogen-bond acceptors (Lipinski definition) is 4. The van der Waals surface area contributed by atoms with Gasteiger partial charge in [-0.2, -0.15) is 5.10 Å². The van der Waals surface area contributed by atoms with Crippen molar-refractivity contribution in [3.63, 3.8) is 0 Å². The number of aryl methyl sites for hydroxylation is 2. The highest BCUT2D eigenvalue weighted by atomic mass is 16.3. The van der Waals surface area contributed by atoms with Crippen LogP contribution in [0.4, 0.5) is 11.5 Å². The standard InChI is InChI=1S/C13H24N4O/c1-3-5-11-12(14)13(16(2)15-11)17(8-9-18)10-6-4-7-10/h10,18H,3-9,14H2,1-2H3. The molecule has 1 heterocycles. The molecule has 0 atom stereocenters. The monoisotopic (exact) mass is 252 g/mol. The zero-order chi connectivity index (χ0) is 13.1. The number of nitrogens with two attached hydrogens (primary N) is 1. The van der Waals surface area contributed by atoms with Crippen LogP contribution in [0.15, 0.2) is 0 Å². The number of aliphatic hydroxyl groups is 1. The van der Waals surface area contributed by atoms with Crippen molar-refractivity contribution in [1.29, 1.82) is 0 Å². The lowest BCUT2D eigenvalue weighted by molar-refractivity contribution is 0.282.